The Balaban J connectivity index is 2.07. The monoisotopic (exact) mass is 392 g/mol. The molecule has 0 heterocycles. The Morgan fingerprint density at radius 1 is 1.00 bits per heavy atom. The molecule has 0 saturated carbocycles. The molecule has 0 atom stereocenters. The van der Waals surface area contributed by atoms with Gasteiger partial charge in [-0.3, -0.25) is 0 Å². The van der Waals surface area contributed by atoms with Gasteiger partial charge in [-0.05, 0) is 74.8 Å². The number of hydrogen-bond donors (Lipinski definition) is 2. The van der Waals surface area contributed by atoms with Crippen molar-refractivity contribution in [2.75, 3.05) is 20.2 Å². The Bertz CT molecular complexity index is 800. The third-order valence-corrected chi connectivity index (χ3v) is 3.58. The standard InChI is InChI=1S/C21H26F2N2O3/c1-21(2,3)28-20(26)25-5-6-27-19-8-14(13-24-4)7-15(11-19)16-9-17(22)12-18(23)10-16/h7-12,24H,5-6,13H2,1-4H3,(H,25,26). The normalized spacial score (nSPS) is 11.2. The molecule has 0 aliphatic rings. The molecule has 0 aliphatic carbocycles. The van der Waals surface area contributed by atoms with E-state index in [1.165, 1.54) is 12.1 Å². The fourth-order valence-corrected chi connectivity index (χ4v) is 2.57. The molecule has 28 heavy (non-hydrogen) atoms. The maximum atomic E-state index is 13.6. The maximum absolute atomic E-state index is 13.6. The summed E-state index contributed by atoms with van der Waals surface area (Å²) in [5.74, 6) is -0.741. The lowest BCUT2D eigenvalue weighted by Gasteiger charge is -2.19. The average molecular weight is 392 g/mol. The number of hydrogen-bond acceptors (Lipinski definition) is 4. The molecule has 7 heteroatoms. The van der Waals surface area contributed by atoms with Crippen molar-refractivity contribution < 1.29 is 23.0 Å². The van der Waals surface area contributed by atoms with Crippen LogP contribution >= 0.6 is 0 Å². The van der Waals surface area contributed by atoms with Gasteiger partial charge in [-0.2, -0.15) is 0 Å². The van der Waals surface area contributed by atoms with E-state index in [0.29, 0.717) is 23.4 Å². The molecule has 2 aromatic carbocycles. The second-order valence-electron chi connectivity index (χ2n) is 7.33. The molecule has 1 amide bonds. The molecule has 0 aromatic heterocycles. The molecule has 0 radical (unpaired) electrons. The second-order valence-corrected chi connectivity index (χ2v) is 7.33. The molecular formula is C21H26F2N2O3. The van der Waals surface area contributed by atoms with Crippen LogP contribution in [0, 0.1) is 11.6 Å². The summed E-state index contributed by atoms with van der Waals surface area (Å²) in [6.45, 7) is 6.40. The highest BCUT2D eigenvalue weighted by atomic mass is 19.1. The molecule has 2 N–H and O–H groups in total. The highest BCUT2D eigenvalue weighted by Crippen LogP contribution is 2.27. The van der Waals surface area contributed by atoms with Gasteiger partial charge in [0.2, 0.25) is 0 Å². The van der Waals surface area contributed by atoms with E-state index < -0.39 is 23.3 Å². The minimum absolute atomic E-state index is 0.221. The number of benzene rings is 2. The molecule has 2 aromatic rings. The third kappa shape index (κ3) is 7.15. The van der Waals surface area contributed by atoms with Crippen molar-refractivity contribution in [2.45, 2.75) is 32.9 Å². The molecule has 0 saturated heterocycles. The SMILES string of the molecule is CNCc1cc(OCCNC(=O)OC(C)(C)C)cc(-c2cc(F)cc(F)c2)c1. The van der Waals surface area contributed by atoms with Gasteiger partial charge < -0.3 is 20.1 Å². The van der Waals surface area contributed by atoms with Gasteiger partial charge >= 0.3 is 6.09 Å². The number of alkyl carbamates (subject to hydrolysis) is 1. The summed E-state index contributed by atoms with van der Waals surface area (Å²) in [5, 5.41) is 5.65. The van der Waals surface area contributed by atoms with E-state index in [4.69, 9.17) is 9.47 Å². The van der Waals surface area contributed by atoms with Gasteiger partial charge in [0.1, 0.15) is 29.6 Å². The van der Waals surface area contributed by atoms with E-state index in [0.717, 1.165) is 11.6 Å². The van der Waals surface area contributed by atoms with Crippen LogP contribution in [0.3, 0.4) is 0 Å². The Morgan fingerprint density at radius 2 is 1.64 bits per heavy atom. The molecule has 2 rings (SSSR count). The fourth-order valence-electron chi connectivity index (χ4n) is 2.57. The number of amides is 1. The molecule has 152 valence electrons. The Morgan fingerprint density at radius 3 is 2.25 bits per heavy atom. The van der Waals surface area contributed by atoms with Gasteiger partial charge in [0, 0.05) is 12.6 Å². The topological polar surface area (TPSA) is 59.6 Å². The van der Waals surface area contributed by atoms with E-state index in [-0.39, 0.29) is 13.2 Å². The van der Waals surface area contributed by atoms with E-state index in [2.05, 4.69) is 10.6 Å². The minimum atomic E-state index is -0.641. The van der Waals surface area contributed by atoms with E-state index in [1.807, 2.05) is 12.1 Å². The summed E-state index contributed by atoms with van der Waals surface area (Å²) in [6, 6.07) is 8.77. The van der Waals surface area contributed by atoms with Crippen molar-refractivity contribution in [3.8, 4) is 16.9 Å². The third-order valence-electron chi connectivity index (χ3n) is 3.58. The van der Waals surface area contributed by atoms with E-state index in [1.54, 1.807) is 33.9 Å². The molecule has 0 fully saturated rings. The zero-order chi connectivity index (χ0) is 20.7. The van der Waals surface area contributed by atoms with Crippen LogP contribution in [0.1, 0.15) is 26.3 Å². The Hall–Kier alpha value is -2.67. The van der Waals surface area contributed by atoms with Crippen LogP contribution < -0.4 is 15.4 Å². The molecule has 0 unspecified atom stereocenters. The van der Waals surface area contributed by atoms with Crippen molar-refractivity contribution in [2.24, 2.45) is 0 Å². The first-order valence-corrected chi connectivity index (χ1v) is 9.01. The van der Waals surface area contributed by atoms with Gasteiger partial charge in [0.05, 0.1) is 6.54 Å². The Labute approximate surface area is 164 Å². The number of carbonyl (C=O) groups excluding carboxylic acids is 1. The number of halogens is 2. The molecule has 0 spiro atoms. The number of ether oxygens (including phenoxy) is 2. The summed E-state index contributed by atoms with van der Waals surface area (Å²) < 4.78 is 38.0. The first kappa shape index (κ1) is 21.6. The minimum Gasteiger partial charge on any atom is -0.492 e. The first-order chi connectivity index (χ1) is 13.2. The molecule has 0 bridgehead atoms. The van der Waals surface area contributed by atoms with Gasteiger partial charge in [0.25, 0.3) is 0 Å². The lowest BCUT2D eigenvalue weighted by Crippen LogP contribution is -2.34. The predicted octanol–water partition coefficient (Wildman–Crippen LogP) is 4.25. The highest BCUT2D eigenvalue weighted by molar-refractivity contribution is 5.68. The van der Waals surface area contributed by atoms with Crippen molar-refractivity contribution >= 4 is 6.09 Å². The summed E-state index contributed by atoms with van der Waals surface area (Å²) in [5.41, 5.74) is 1.40. The lowest BCUT2D eigenvalue weighted by atomic mass is 10.0. The average Bonchev–Trinajstić information content (AvgIpc) is 2.56. The van der Waals surface area contributed by atoms with Gasteiger partial charge in [-0.1, -0.05) is 0 Å². The smallest absolute Gasteiger partial charge is 0.407 e. The van der Waals surface area contributed by atoms with Crippen molar-refractivity contribution in [1.82, 2.24) is 10.6 Å². The van der Waals surface area contributed by atoms with Gasteiger partial charge in [-0.15, -0.1) is 0 Å². The summed E-state index contributed by atoms with van der Waals surface area (Å²) in [7, 11) is 1.81. The number of rotatable bonds is 7. The van der Waals surface area contributed by atoms with E-state index >= 15 is 0 Å². The van der Waals surface area contributed by atoms with Gasteiger partial charge in [0.15, 0.2) is 0 Å². The van der Waals surface area contributed by atoms with Crippen LogP contribution in [0.15, 0.2) is 36.4 Å². The van der Waals surface area contributed by atoms with E-state index in [9.17, 15) is 13.6 Å². The predicted molar refractivity (Wildman–Crippen MR) is 104 cm³/mol. The summed E-state index contributed by atoms with van der Waals surface area (Å²) in [4.78, 5) is 11.6. The number of nitrogens with one attached hydrogen (secondary N) is 2. The Kier molecular flexibility index (Phi) is 7.34. The van der Waals surface area contributed by atoms with Crippen LogP contribution in [0.2, 0.25) is 0 Å². The molecule has 5 nitrogen and oxygen atoms in total. The molecular weight excluding hydrogens is 366 g/mol. The van der Waals surface area contributed by atoms with Crippen LogP contribution in [-0.4, -0.2) is 31.9 Å². The first-order valence-electron chi connectivity index (χ1n) is 9.01. The summed E-state index contributed by atoms with van der Waals surface area (Å²) >= 11 is 0. The van der Waals surface area contributed by atoms with Crippen LogP contribution in [0.25, 0.3) is 11.1 Å². The van der Waals surface area contributed by atoms with Crippen LogP contribution in [0.4, 0.5) is 13.6 Å². The largest absolute Gasteiger partial charge is 0.492 e. The second kappa shape index (κ2) is 9.50. The zero-order valence-electron chi connectivity index (χ0n) is 16.6. The maximum Gasteiger partial charge on any atom is 0.407 e. The number of carbonyl (C=O) groups is 1. The van der Waals surface area contributed by atoms with Crippen molar-refractivity contribution in [3.05, 3.63) is 53.6 Å². The van der Waals surface area contributed by atoms with Gasteiger partial charge in [-0.25, -0.2) is 13.6 Å². The summed E-state index contributed by atoms with van der Waals surface area (Å²) in [6.07, 6.45) is -0.518. The highest BCUT2D eigenvalue weighted by Gasteiger charge is 2.15. The van der Waals surface area contributed by atoms with Crippen molar-refractivity contribution in [1.29, 1.82) is 0 Å². The zero-order valence-corrected chi connectivity index (χ0v) is 16.6. The fraction of sp³-hybridized carbons (Fsp3) is 0.381. The van der Waals surface area contributed by atoms with Crippen molar-refractivity contribution in [3.63, 3.8) is 0 Å². The van der Waals surface area contributed by atoms with Crippen LogP contribution in [-0.2, 0) is 11.3 Å². The van der Waals surface area contributed by atoms with Crippen LogP contribution in [0.5, 0.6) is 5.75 Å². The molecule has 0 aliphatic heterocycles. The quantitative estimate of drug-likeness (QED) is 0.692. The lowest BCUT2D eigenvalue weighted by molar-refractivity contribution is 0.0520.